The lowest BCUT2D eigenvalue weighted by atomic mass is 10.1. The van der Waals surface area contributed by atoms with Gasteiger partial charge in [-0.05, 0) is 17.7 Å². The molecular formula is C19H15ClN6S. The van der Waals surface area contributed by atoms with Gasteiger partial charge in [0, 0.05) is 16.0 Å². The third-order valence-corrected chi connectivity index (χ3v) is 4.81. The molecule has 0 aliphatic heterocycles. The maximum Gasteiger partial charge on any atom is 0.203 e. The highest BCUT2D eigenvalue weighted by Crippen LogP contribution is 2.24. The van der Waals surface area contributed by atoms with Crippen molar-refractivity contribution in [3.8, 4) is 11.3 Å². The average molecular weight is 395 g/mol. The molecule has 2 aromatic carbocycles. The van der Waals surface area contributed by atoms with Crippen LogP contribution in [0.5, 0.6) is 0 Å². The number of nitrogens with one attached hydrogen (secondary N) is 1. The van der Waals surface area contributed by atoms with Gasteiger partial charge in [-0.25, -0.2) is 14.6 Å². The monoisotopic (exact) mass is 394 g/mol. The third kappa shape index (κ3) is 4.39. The molecule has 0 bridgehead atoms. The van der Waals surface area contributed by atoms with Crippen LogP contribution in [0.15, 0.2) is 77.7 Å². The Morgan fingerprint density at radius 3 is 2.67 bits per heavy atom. The number of thiazole rings is 1. The van der Waals surface area contributed by atoms with Crippen LogP contribution in [0.1, 0.15) is 5.56 Å². The molecule has 2 aromatic heterocycles. The first-order chi connectivity index (χ1) is 13.3. The molecule has 0 fully saturated rings. The number of hydrogen-bond acceptors (Lipinski definition) is 6. The highest BCUT2D eigenvalue weighted by Gasteiger charge is 2.08. The molecule has 0 saturated carbocycles. The van der Waals surface area contributed by atoms with E-state index in [4.69, 9.17) is 11.6 Å². The SMILES string of the molecule is Clc1ccc(/C(Cn2cncn2)=N/Nc2nc(-c3ccccc3)cs2)cc1. The molecule has 0 radical (unpaired) electrons. The summed E-state index contributed by atoms with van der Waals surface area (Å²) in [5, 5.41) is 12.1. The van der Waals surface area contributed by atoms with Crippen LogP contribution in [-0.4, -0.2) is 25.5 Å². The zero-order valence-electron chi connectivity index (χ0n) is 14.2. The fraction of sp³-hybridized carbons (Fsp3) is 0.0526. The molecule has 0 unspecified atom stereocenters. The van der Waals surface area contributed by atoms with E-state index in [2.05, 4.69) is 25.6 Å². The highest BCUT2D eigenvalue weighted by atomic mass is 35.5. The molecule has 0 aliphatic carbocycles. The molecule has 4 rings (SSSR count). The summed E-state index contributed by atoms with van der Waals surface area (Å²) in [6, 6.07) is 17.6. The quantitative estimate of drug-likeness (QED) is 0.384. The normalized spacial score (nSPS) is 11.5. The van der Waals surface area contributed by atoms with E-state index in [-0.39, 0.29) is 0 Å². The van der Waals surface area contributed by atoms with Crippen LogP contribution in [-0.2, 0) is 6.54 Å². The van der Waals surface area contributed by atoms with Gasteiger partial charge < -0.3 is 0 Å². The van der Waals surface area contributed by atoms with E-state index < -0.39 is 0 Å². The lowest BCUT2D eigenvalue weighted by Gasteiger charge is -2.07. The molecule has 0 spiro atoms. The van der Waals surface area contributed by atoms with Crippen molar-refractivity contribution in [1.82, 2.24) is 19.7 Å². The van der Waals surface area contributed by atoms with Gasteiger partial charge in [0.2, 0.25) is 5.13 Å². The molecule has 0 atom stereocenters. The Morgan fingerprint density at radius 1 is 1.11 bits per heavy atom. The first-order valence-corrected chi connectivity index (χ1v) is 9.45. The number of anilines is 1. The van der Waals surface area contributed by atoms with Crippen molar-refractivity contribution in [3.63, 3.8) is 0 Å². The van der Waals surface area contributed by atoms with E-state index in [1.807, 2.05) is 60.0 Å². The van der Waals surface area contributed by atoms with E-state index >= 15 is 0 Å². The fourth-order valence-corrected chi connectivity index (χ4v) is 3.27. The smallest absolute Gasteiger partial charge is 0.203 e. The maximum absolute atomic E-state index is 6.00. The molecule has 2 heterocycles. The molecule has 27 heavy (non-hydrogen) atoms. The van der Waals surface area contributed by atoms with E-state index in [1.54, 1.807) is 11.0 Å². The largest absolute Gasteiger partial charge is 0.252 e. The van der Waals surface area contributed by atoms with Gasteiger partial charge in [-0.2, -0.15) is 10.2 Å². The van der Waals surface area contributed by atoms with E-state index in [1.165, 1.54) is 17.7 Å². The van der Waals surface area contributed by atoms with Gasteiger partial charge in [0.25, 0.3) is 0 Å². The summed E-state index contributed by atoms with van der Waals surface area (Å²) in [6.45, 7) is 0.478. The second-order valence-electron chi connectivity index (χ2n) is 5.67. The van der Waals surface area contributed by atoms with Crippen molar-refractivity contribution in [1.29, 1.82) is 0 Å². The van der Waals surface area contributed by atoms with Crippen molar-refractivity contribution >= 4 is 33.8 Å². The van der Waals surface area contributed by atoms with Gasteiger partial charge in [0.05, 0.1) is 18.0 Å². The number of benzene rings is 2. The summed E-state index contributed by atoms with van der Waals surface area (Å²) >= 11 is 7.51. The van der Waals surface area contributed by atoms with Gasteiger partial charge >= 0.3 is 0 Å². The Morgan fingerprint density at radius 2 is 1.93 bits per heavy atom. The third-order valence-electron chi connectivity index (χ3n) is 3.82. The zero-order chi connectivity index (χ0) is 18.5. The molecular weight excluding hydrogens is 380 g/mol. The molecule has 6 nitrogen and oxygen atoms in total. The molecule has 134 valence electrons. The van der Waals surface area contributed by atoms with Crippen LogP contribution >= 0.6 is 22.9 Å². The van der Waals surface area contributed by atoms with Crippen molar-refractivity contribution in [2.75, 3.05) is 5.43 Å². The Bertz CT molecular complexity index is 1030. The van der Waals surface area contributed by atoms with Crippen molar-refractivity contribution in [2.45, 2.75) is 6.54 Å². The Labute approximate surface area is 165 Å². The van der Waals surface area contributed by atoms with Crippen LogP contribution in [0.4, 0.5) is 5.13 Å². The molecule has 4 aromatic rings. The number of hydrogen-bond donors (Lipinski definition) is 1. The minimum Gasteiger partial charge on any atom is -0.252 e. The predicted octanol–water partition coefficient (Wildman–Crippen LogP) is 4.57. The Hall–Kier alpha value is -3.03. The fourth-order valence-electron chi connectivity index (χ4n) is 2.48. The van der Waals surface area contributed by atoms with Gasteiger partial charge in [0.1, 0.15) is 12.7 Å². The molecule has 0 aliphatic rings. The zero-order valence-corrected chi connectivity index (χ0v) is 15.7. The minimum absolute atomic E-state index is 0.478. The number of nitrogens with zero attached hydrogens (tertiary/aromatic N) is 5. The van der Waals surface area contributed by atoms with Crippen LogP contribution < -0.4 is 5.43 Å². The lowest BCUT2D eigenvalue weighted by molar-refractivity contribution is 0.721. The maximum atomic E-state index is 6.00. The first-order valence-electron chi connectivity index (χ1n) is 8.20. The summed E-state index contributed by atoms with van der Waals surface area (Å²) in [4.78, 5) is 8.58. The summed E-state index contributed by atoms with van der Waals surface area (Å²) in [5.74, 6) is 0. The summed E-state index contributed by atoms with van der Waals surface area (Å²) in [6.07, 6.45) is 3.15. The number of aromatic nitrogens is 4. The van der Waals surface area contributed by atoms with Crippen molar-refractivity contribution in [3.05, 3.63) is 83.2 Å². The lowest BCUT2D eigenvalue weighted by Crippen LogP contribution is -2.14. The van der Waals surface area contributed by atoms with Gasteiger partial charge in [-0.3, -0.25) is 5.43 Å². The van der Waals surface area contributed by atoms with Gasteiger partial charge in [-0.15, -0.1) is 11.3 Å². The summed E-state index contributed by atoms with van der Waals surface area (Å²) in [7, 11) is 0. The first kappa shape index (κ1) is 17.4. The van der Waals surface area contributed by atoms with Crippen LogP contribution in [0.3, 0.4) is 0 Å². The van der Waals surface area contributed by atoms with Gasteiger partial charge in [0.15, 0.2) is 0 Å². The Kier molecular flexibility index (Phi) is 5.22. The molecule has 8 heteroatoms. The topological polar surface area (TPSA) is 68.0 Å². The van der Waals surface area contributed by atoms with Gasteiger partial charge in [-0.1, -0.05) is 54.1 Å². The van der Waals surface area contributed by atoms with Crippen LogP contribution in [0.2, 0.25) is 5.02 Å². The molecule has 1 N–H and O–H groups in total. The summed E-state index contributed by atoms with van der Waals surface area (Å²) in [5.41, 5.74) is 6.80. The highest BCUT2D eigenvalue weighted by molar-refractivity contribution is 7.14. The number of rotatable bonds is 6. The second-order valence-corrected chi connectivity index (χ2v) is 6.97. The number of halogens is 1. The van der Waals surface area contributed by atoms with Crippen molar-refractivity contribution < 1.29 is 0 Å². The Balaban J connectivity index is 1.57. The minimum atomic E-state index is 0.478. The van der Waals surface area contributed by atoms with Crippen LogP contribution in [0, 0.1) is 0 Å². The molecule has 0 amide bonds. The number of hydrazone groups is 1. The standard InChI is InChI=1S/C19H15ClN6S/c20-16-8-6-15(7-9-16)17(10-26-13-21-12-22-26)24-25-19-23-18(11-27-19)14-4-2-1-3-5-14/h1-9,11-13H,10H2,(H,23,25)/b24-17+. The second kappa shape index (κ2) is 8.11. The van der Waals surface area contributed by atoms with Crippen LogP contribution in [0.25, 0.3) is 11.3 Å². The molecule has 0 saturated heterocycles. The van der Waals surface area contributed by atoms with E-state index in [9.17, 15) is 0 Å². The summed E-state index contributed by atoms with van der Waals surface area (Å²) < 4.78 is 1.71. The van der Waals surface area contributed by atoms with E-state index in [0.717, 1.165) is 27.7 Å². The van der Waals surface area contributed by atoms with E-state index in [0.29, 0.717) is 11.6 Å². The predicted molar refractivity (Wildman–Crippen MR) is 109 cm³/mol. The average Bonchev–Trinajstić information content (AvgIpc) is 3.39. The van der Waals surface area contributed by atoms with Crippen molar-refractivity contribution in [2.24, 2.45) is 5.10 Å².